The van der Waals surface area contributed by atoms with Gasteiger partial charge in [-0.3, -0.25) is 4.90 Å². The maximum Gasteiger partial charge on any atom is 0.509 e. The number of nitrogens with zero attached hydrogens (tertiary/aromatic N) is 2. The highest BCUT2D eigenvalue weighted by Crippen LogP contribution is 2.37. The molecule has 4 rings (SSSR count). The van der Waals surface area contributed by atoms with Gasteiger partial charge in [-0.05, 0) is 76.8 Å². The average molecular weight is 696 g/mol. The third-order valence-electron chi connectivity index (χ3n) is 6.79. The van der Waals surface area contributed by atoms with E-state index >= 15 is 0 Å². The maximum absolute atomic E-state index is 13.7. The zero-order chi connectivity index (χ0) is 35.4. The summed E-state index contributed by atoms with van der Waals surface area (Å²) in [6, 6.07) is 11.3. The molecule has 2 amide bonds. The average Bonchev–Trinajstić information content (AvgIpc) is 3.57. The number of halogens is 4. The van der Waals surface area contributed by atoms with Crippen molar-refractivity contribution in [1.82, 2.24) is 15.2 Å². The number of carbonyl (C=O) groups excluding carboxylic acids is 3. The second-order valence-electron chi connectivity index (χ2n) is 13.1. The van der Waals surface area contributed by atoms with Crippen LogP contribution in [0.2, 0.25) is 0 Å². The fraction of sp³-hybridized carbons (Fsp3) is 0.455. The van der Waals surface area contributed by atoms with Gasteiger partial charge < -0.3 is 24.3 Å². The van der Waals surface area contributed by atoms with Gasteiger partial charge >= 0.3 is 24.5 Å². The molecule has 2 heterocycles. The minimum Gasteiger partial charge on any atom is -0.444 e. The first-order chi connectivity index (χ1) is 22.3. The molecule has 48 heavy (non-hydrogen) atoms. The van der Waals surface area contributed by atoms with Crippen molar-refractivity contribution in [3.8, 4) is 10.4 Å². The molecule has 0 aliphatic carbocycles. The van der Waals surface area contributed by atoms with Crippen LogP contribution in [0.4, 0.5) is 31.9 Å². The standard InChI is InChI=1S/C33H37F4N3O7S/c1-31(2,3)46-29(42)40-18-24(44-30(43)47-32(4,5)6)26(45-28(41)39-16-20-8-7-9-22(34)14-20)23(40)15-19-10-12-21(13-11-19)25-17-38-27(48-25)33(35,36)37/h7-14,17,23-24,26H,15-16,18H2,1-6H3,(H,39,41)/t23-,24+,26+/m1/s1. The van der Waals surface area contributed by atoms with Crippen molar-refractivity contribution in [3.05, 3.63) is 76.7 Å². The van der Waals surface area contributed by atoms with Crippen molar-refractivity contribution >= 4 is 29.7 Å². The van der Waals surface area contributed by atoms with E-state index in [2.05, 4.69) is 10.3 Å². The minimum atomic E-state index is -4.56. The predicted molar refractivity (Wildman–Crippen MR) is 168 cm³/mol. The molecule has 0 spiro atoms. The fourth-order valence-electron chi connectivity index (χ4n) is 4.84. The number of rotatable bonds is 7. The first kappa shape index (κ1) is 36.4. The summed E-state index contributed by atoms with van der Waals surface area (Å²) < 4.78 is 75.3. The molecule has 0 unspecified atom stereocenters. The van der Waals surface area contributed by atoms with Crippen LogP contribution in [-0.2, 0) is 38.1 Å². The first-order valence-electron chi connectivity index (χ1n) is 15.0. The van der Waals surface area contributed by atoms with Crippen molar-refractivity contribution in [3.63, 3.8) is 0 Å². The molecule has 3 atom stereocenters. The van der Waals surface area contributed by atoms with E-state index in [9.17, 15) is 31.9 Å². The molecule has 3 aromatic rings. The smallest absolute Gasteiger partial charge is 0.444 e. The highest BCUT2D eigenvalue weighted by atomic mass is 32.1. The zero-order valence-electron chi connectivity index (χ0n) is 27.2. The van der Waals surface area contributed by atoms with Gasteiger partial charge in [-0.2, -0.15) is 13.2 Å². The van der Waals surface area contributed by atoms with Crippen LogP contribution in [0.25, 0.3) is 10.4 Å². The predicted octanol–water partition coefficient (Wildman–Crippen LogP) is 7.75. The number of hydrogen-bond acceptors (Lipinski definition) is 9. The lowest BCUT2D eigenvalue weighted by Gasteiger charge is -2.30. The van der Waals surface area contributed by atoms with Gasteiger partial charge in [0.2, 0.25) is 0 Å². The van der Waals surface area contributed by atoms with E-state index < -0.39 is 64.8 Å². The normalized spacial score (nSPS) is 18.3. The van der Waals surface area contributed by atoms with E-state index in [1.165, 1.54) is 23.1 Å². The number of hydrogen-bond donors (Lipinski definition) is 1. The fourth-order valence-corrected chi connectivity index (χ4v) is 5.63. The number of alkyl carbamates (subject to hydrolysis) is 1. The Balaban J connectivity index is 1.62. The van der Waals surface area contributed by atoms with Gasteiger partial charge in [0, 0.05) is 12.7 Å². The number of benzene rings is 2. The summed E-state index contributed by atoms with van der Waals surface area (Å²) in [6.07, 6.45) is -8.44. The summed E-state index contributed by atoms with van der Waals surface area (Å²) in [7, 11) is 0. The van der Waals surface area contributed by atoms with Gasteiger partial charge in [-0.1, -0.05) is 36.4 Å². The largest absolute Gasteiger partial charge is 0.509 e. The van der Waals surface area contributed by atoms with Crippen LogP contribution in [0.15, 0.2) is 54.7 Å². The van der Waals surface area contributed by atoms with Crippen LogP contribution in [-0.4, -0.2) is 64.2 Å². The Morgan fingerprint density at radius 3 is 2.19 bits per heavy atom. The quantitative estimate of drug-likeness (QED) is 0.152. The molecular weight excluding hydrogens is 658 g/mol. The summed E-state index contributed by atoms with van der Waals surface area (Å²) in [5.41, 5.74) is -0.201. The van der Waals surface area contributed by atoms with Crippen LogP contribution in [0, 0.1) is 5.82 Å². The monoisotopic (exact) mass is 695 g/mol. The first-order valence-corrected chi connectivity index (χ1v) is 15.8. The number of carbonyl (C=O) groups is 3. The number of aromatic nitrogens is 1. The molecule has 1 saturated heterocycles. The molecule has 1 aliphatic rings. The topological polar surface area (TPSA) is 116 Å². The number of thiazole rings is 1. The van der Waals surface area contributed by atoms with Gasteiger partial charge in [0.05, 0.1) is 17.5 Å². The van der Waals surface area contributed by atoms with E-state index in [0.717, 1.165) is 6.20 Å². The Kier molecular flexibility index (Phi) is 10.9. The second-order valence-corrected chi connectivity index (χ2v) is 14.1. The molecule has 1 N–H and O–H groups in total. The van der Waals surface area contributed by atoms with Gasteiger partial charge in [-0.15, -0.1) is 11.3 Å². The molecule has 1 aliphatic heterocycles. The van der Waals surface area contributed by atoms with Crippen LogP contribution in [0.3, 0.4) is 0 Å². The molecule has 0 saturated carbocycles. The van der Waals surface area contributed by atoms with Crippen molar-refractivity contribution < 1.29 is 50.9 Å². The number of alkyl halides is 3. The Bertz CT molecular complexity index is 1600. The Labute approximate surface area is 279 Å². The van der Waals surface area contributed by atoms with E-state index in [4.69, 9.17) is 18.9 Å². The van der Waals surface area contributed by atoms with E-state index in [0.29, 0.717) is 32.9 Å². The van der Waals surface area contributed by atoms with Crippen LogP contribution >= 0.6 is 11.3 Å². The lowest BCUT2D eigenvalue weighted by Crippen LogP contribution is -2.46. The SMILES string of the molecule is CC(C)(C)OC(=O)O[C@H]1CN(C(=O)OC(C)(C)C)[C@H](Cc2ccc(-c3cnc(C(F)(F)F)s3)cc2)[C@@H]1OC(=O)NCc1cccc(F)c1. The molecule has 0 radical (unpaired) electrons. The van der Waals surface area contributed by atoms with E-state index in [-0.39, 0.29) is 19.5 Å². The highest BCUT2D eigenvalue weighted by Gasteiger charge is 2.50. The Hall–Kier alpha value is -4.40. The third kappa shape index (κ3) is 10.3. The van der Waals surface area contributed by atoms with E-state index in [1.54, 1.807) is 71.9 Å². The van der Waals surface area contributed by atoms with Crippen molar-refractivity contribution in [2.24, 2.45) is 0 Å². The third-order valence-corrected chi connectivity index (χ3v) is 7.88. The second kappa shape index (κ2) is 14.4. The number of nitrogens with one attached hydrogen (secondary N) is 1. The van der Waals surface area contributed by atoms with Crippen molar-refractivity contribution in [1.29, 1.82) is 0 Å². The summed E-state index contributed by atoms with van der Waals surface area (Å²) in [5, 5.41) is 1.59. The Morgan fingerprint density at radius 2 is 1.60 bits per heavy atom. The van der Waals surface area contributed by atoms with Crippen LogP contribution < -0.4 is 5.32 Å². The molecule has 0 bridgehead atoms. The highest BCUT2D eigenvalue weighted by molar-refractivity contribution is 7.15. The maximum atomic E-state index is 13.7. The molecule has 260 valence electrons. The number of amides is 2. The summed E-state index contributed by atoms with van der Waals surface area (Å²) in [4.78, 5) is 44.4. The van der Waals surface area contributed by atoms with Crippen LogP contribution in [0.1, 0.15) is 57.7 Å². The van der Waals surface area contributed by atoms with Crippen LogP contribution in [0.5, 0.6) is 0 Å². The summed E-state index contributed by atoms with van der Waals surface area (Å²) in [5.74, 6) is -0.487. The molecule has 2 aromatic carbocycles. The van der Waals surface area contributed by atoms with Gasteiger partial charge in [-0.25, -0.2) is 23.8 Å². The summed E-state index contributed by atoms with van der Waals surface area (Å²) in [6.45, 7) is 9.70. The lowest BCUT2D eigenvalue weighted by molar-refractivity contribution is -0.137. The molecule has 1 aromatic heterocycles. The minimum absolute atomic E-state index is 0.0730. The molecule has 1 fully saturated rings. The van der Waals surface area contributed by atoms with E-state index in [1.807, 2.05) is 0 Å². The lowest BCUT2D eigenvalue weighted by atomic mass is 9.99. The summed E-state index contributed by atoms with van der Waals surface area (Å²) >= 11 is 0.511. The van der Waals surface area contributed by atoms with Crippen molar-refractivity contribution in [2.75, 3.05) is 6.54 Å². The Morgan fingerprint density at radius 1 is 0.938 bits per heavy atom. The molecule has 15 heteroatoms. The zero-order valence-corrected chi connectivity index (χ0v) is 28.0. The van der Waals surface area contributed by atoms with Gasteiger partial charge in [0.1, 0.15) is 17.0 Å². The molecule has 10 nitrogen and oxygen atoms in total. The number of likely N-dealkylation sites (tertiary alicyclic amines) is 1. The molecular formula is C33H37F4N3O7S. The number of ether oxygens (including phenoxy) is 4. The van der Waals surface area contributed by atoms with Crippen molar-refractivity contribution in [2.45, 2.75) is 90.1 Å². The van der Waals surface area contributed by atoms with Gasteiger partial charge in [0.15, 0.2) is 17.2 Å². The van der Waals surface area contributed by atoms with Gasteiger partial charge in [0.25, 0.3) is 0 Å².